The fourth-order valence-electron chi connectivity index (χ4n) is 1.45. The van der Waals surface area contributed by atoms with Crippen molar-refractivity contribution in [3.63, 3.8) is 0 Å². The third kappa shape index (κ3) is 4.78. The molecule has 3 atom stereocenters. The summed E-state index contributed by atoms with van der Waals surface area (Å²) in [5.74, 6) is -0.185. The molecule has 0 bridgehead atoms. The van der Waals surface area contributed by atoms with Gasteiger partial charge in [-0.15, -0.1) is 0 Å². The zero-order chi connectivity index (χ0) is 14.0. The van der Waals surface area contributed by atoms with Crippen molar-refractivity contribution in [1.82, 2.24) is 0 Å². The molecule has 3 nitrogen and oxygen atoms in total. The van der Waals surface area contributed by atoms with Gasteiger partial charge in [0.1, 0.15) is 16.1 Å². The van der Waals surface area contributed by atoms with E-state index in [0.717, 1.165) is 0 Å². The van der Waals surface area contributed by atoms with Crippen molar-refractivity contribution in [2.24, 2.45) is 10.3 Å². The quantitative estimate of drug-likeness (QED) is 0.578. The van der Waals surface area contributed by atoms with Gasteiger partial charge in [-0.3, -0.25) is 0 Å². The smallest absolute Gasteiger partial charge is 0.414 e. The van der Waals surface area contributed by atoms with Crippen LogP contribution >= 0.6 is 0 Å². The molecular weight excluding hydrogens is 267 g/mol. The highest BCUT2D eigenvalue weighted by Crippen LogP contribution is 2.31. The lowest BCUT2D eigenvalue weighted by Gasteiger charge is -2.28. The fourth-order valence-corrected chi connectivity index (χ4v) is 2.05. The third-order valence-corrected chi connectivity index (χ3v) is 3.93. The molecule has 1 fully saturated rings. The molecule has 7 heteroatoms. The Morgan fingerprint density at radius 3 is 2.28 bits per heavy atom. The topological polar surface area (TPSA) is 44.7 Å². The number of nitrogens with zero attached hydrogens (tertiary/aromatic N) is 1. The Morgan fingerprint density at radius 2 is 1.89 bits per heavy atom. The number of alkyl halides is 3. The Balaban J connectivity index is 2.43. The minimum atomic E-state index is -4.30. The Labute approximate surface area is 108 Å². The first-order valence-corrected chi connectivity index (χ1v) is 6.86. The maximum atomic E-state index is 12.3. The van der Waals surface area contributed by atoms with Crippen molar-refractivity contribution in [2.75, 3.05) is 6.61 Å². The lowest BCUT2D eigenvalue weighted by Crippen LogP contribution is -2.38. The zero-order valence-corrected chi connectivity index (χ0v) is 11.5. The second-order valence-electron chi connectivity index (χ2n) is 5.32. The highest BCUT2D eigenvalue weighted by molar-refractivity contribution is 7.91. The van der Waals surface area contributed by atoms with Crippen LogP contribution in [0.2, 0.25) is 0 Å². The number of ether oxygens (including phenoxy) is 1. The van der Waals surface area contributed by atoms with Gasteiger partial charge in [0.2, 0.25) is 0 Å². The van der Waals surface area contributed by atoms with E-state index in [2.05, 4.69) is 4.40 Å². The van der Waals surface area contributed by atoms with Crippen LogP contribution in [-0.2, 0) is 16.1 Å². The van der Waals surface area contributed by atoms with Gasteiger partial charge in [-0.25, -0.2) is 0 Å². The van der Waals surface area contributed by atoms with Gasteiger partial charge in [-0.1, -0.05) is 4.40 Å². The maximum Gasteiger partial charge on any atom is 0.414 e. The van der Waals surface area contributed by atoms with Gasteiger partial charge in [0.25, 0.3) is 0 Å². The number of rotatable bonds is 2. The van der Waals surface area contributed by atoms with Crippen LogP contribution in [0.4, 0.5) is 13.2 Å². The van der Waals surface area contributed by atoms with Crippen LogP contribution in [0.15, 0.2) is 4.40 Å². The summed E-state index contributed by atoms with van der Waals surface area (Å²) in [7, 11) is 0. The minimum absolute atomic E-state index is 0.0188. The molecular formula is C11H18F3NO2S. The van der Waals surface area contributed by atoms with E-state index in [4.69, 9.17) is 4.74 Å². The molecule has 1 aliphatic rings. The van der Waals surface area contributed by atoms with E-state index in [1.165, 1.54) is 6.21 Å². The molecule has 1 unspecified atom stereocenters. The van der Waals surface area contributed by atoms with Crippen LogP contribution < -0.4 is 0 Å². The molecule has 0 radical (unpaired) electrons. The molecule has 0 aromatic rings. The second kappa shape index (κ2) is 5.79. The molecule has 0 spiro atoms. The van der Waals surface area contributed by atoms with E-state index in [9.17, 15) is 17.7 Å². The molecule has 0 aromatic carbocycles. The summed E-state index contributed by atoms with van der Waals surface area (Å²) in [6.07, 6.45) is -4.21. The SMILES string of the molecule is CC(C)(C)[S+]([O-])N=C[C@H]1CC[C@H](C(F)(F)F)OC1. The van der Waals surface area contributed by atoms with Crippen molar-refractivity contribution in [1.29, 1.82) is 0 Å². The summed E-state index contributed by atoms with van der Waals surface area (Å²) in [6.45, 7) is 5.35. The largest absolute Gasteiger partial charge is 0.591 e. The van der Waals surface area contributed by atoms with E-state index in [-0.39, 0.29) is 18.9 Å². The summed E-state index contributed by atoms with van der Waals surface area (Å²) in [6, 6.07) is 0. The van der Waals surface area contributed by atoms with E-state index in [1.807, 2.05) is 0 Å². The molecule has 106 valence electrons. The van der Waals surface area contributed by atoms with Crippen LogP contribution in [-0.4, -0.2) is 34.4 Å². The monoisotopic (exact) mass is 285 g/mol. The lowest BCUT2D eigenvalue weighted by molar-refractivity contribution is -0.232. The number of hydrogen-bond acceptors (Lipinski definition) is 3. The van der Waals surface area contributed by atoms with Gasteiger partial charge in [-0.2, -0.15) is 13.2 Å². The predicted molar refractivity (Wildman–Crippen MR) is 64.9 cm³/mol. The van der Waals surface area contributed by atoms with Gasteiger partial charge in [-0.05, 0) is 33.6 Å². The predicted octanol–water partition coefficient (Wildman–Crippen LogP) is 2.88. The average molecular weight is 285 g/mol. The molecule has 1 heterocycles. The van der Waals surface area contributed by atoms with Gasteiger partial charge < -0.3 is 9.29 Å². The summed E-state index contributed by atoms with van der Waals surface area (Å²) in [5.41, 5.74) is 0. The van der Waals surface area contributed by atoms with Gasteiger partial charge >= 0.3 is 6.18 Å². The summed E-state index contributed by atoms with van der Waals surface area (Å²) < 4.78 is 56.8. The number of hydrogen-bond donors (Lipinski definition) is 0. The van der Waals surface area contributed by atoms with Gasteiger partial charge in [0, 0.05) is 5.92 Å². The summed E-state index contributed by atoms with van der Waals surface area (Å²) in [5, 5.41) is 0. The van der Waals surface area contributed by atoms with Crippen LogP contribution in [0.3, 0.4) is 0 Å². The highest BCUT2D eigenvalue weighted by atomic mass is 32.2. The first kappa shape index (κ1) is 15.8. The molecule has 0 amide bonds. The Hall–Kier alpha value is -0.270. The standard InChI is InChI=1S/C11H18F3NO2S/c1-10(2,3)18(16)15-6-8-4-5-9(17-7-8)11(12,13)14/h6,8-9H,4-5,7H2,1-3H3/t8-,9-,18?/m1/s1. The molecule has 0 aliphatic carbocycles. The van der Waals surface area contributed by atoms with Crippen molar-refractivity contribution in [3.05, 3.63) is 0 Å². The van der Waals surface area contributed by atoms with Crippen LogP contribution in [0, 0.1) is 5.92 Å². The number of halogens is 3. The normalized spacial score (nSPS) is 28.6. The highest BCUT2D eigenvalue weighted by Gasteiger charge is 2.42. The molecule has 0 aromatic heterocycles. The zero-order valence-electron chi connectivity index (χ0n) is 10.7. The van der Waals surface area contributed by atoms with Crippen molar-refractivity contribution in [3.8, 4) is 0 Å². The Kier molecular flexibility index (Phi) is 5.08. The van der Waals surface area contributed by atoms with E-state index in [0.29, 0.717) is 6.42 Å². The minimum Gasteiger partial charge on any atom is -0.591 e. The van der Waals surface area contributed by atoms with Gasteiger partial charge in [0.05, 0.1) is 12.8 Å². The third-order valence-electron chi connectivity index (χ3n) is 2.57. The Morgan fingerprint density at radius 1 is 1.28 bits per heavy atom. The average Bonchev–Trinajstić information content (AvgIpc) is 2.24. The van der Waals surface area contributed by atoms with Crippen molar-refractivity contribution >= 4 is 17.6 Å². The van der Waals surface area contributed by atoms with Crippen LogP contribution in [0.5, 0.6) is 0 Å². The fraction of sp³-hybridized carbons (Fsp3) is 0.909. The summed E-state index contributed by atoms with van der Waals surface area (Å²) >= 11 is -1.37. The van der Waals surface area contributed by atoms with E-state index >= 15 is 0 Å². The van der Waals surface area contributed by atoms with Crippen molar-refractivity contribution in [2.45, 2.75) is 50.6 Å². The molecule has 0 N–H and O–H groups in total. The van der Waals surface area contributed by atoms with Crippen LogP contribution in [0.25, 0.3) is 0 Å². The van der Waals surface area contributed by atoms with E-state index < -0.39 is 28.4 Å². The molecule has 18 heavy (non-hydrogen) atoms. The molecule has 1 rings (SSSR count). The second-order valence-corrected chi connectivity index (χ2v) is 7.25. The Bertz CT molecular complexity index is 294. The van der Waals surface area contributed by atoms with Crippen LogP contribution in [0.1, 0.15) is 33.6 Å². The molecule has 1 saturated heterocycles. The van der Waals surface area contributed by atoms with Gasteiger partial charge in [0.15, 0.2) is 6.10 Å². The maximum absolute atomic E-state index is 12.3. The van der Waals surface area contributed by atoms with E-state index in [1.54, 1.807) is 20.8 Å². The first-order valence-electron chi connectivity index (χ1n) is 5.75. The molecule has 0 saturated carbocycles. The summed E-state index contributed by atoms with van der Waals surface area (Å²) in [4.78, 5) is 0. The lowest BCUT2D eigenvalue weighted by atomic mass is 9.99. The van der Waals surface area contributed by atoms with Crippen molar-refractivity contribution < 1.29 is 22.5 Å². The molecule has 1 aliphatic heterocycles. The first-order chi connectivity index (χ1) is 8.10.